The number of benzene rings is 3. The molecule has 0 N–H and O–H groups in total. The Balaban J connectivity index is 1.81. The van der Waals surface area contributed by atoms with Crippen LogP contribution < -0.4 is 4.74 Å². The smallest absolute Gasteiger partial charge is 0.343 e. The van der Waals surface area contributed by atoms with Gasteiger partial charge < -0.3 is 4.74 Å². The zero-order valence-electron chi connectivity index (χ0n) is 12.3. The molecular weight excluding hydrogens is 272 g/mol. The van der Waals surface area contributed by atoms with Crippen molar-refractivity contribution in [3.05, 3.63) is 90.0 Å². The van der Waals surface area contributed by atoms with E-state index >= 15 is 0 Å². The molecule has 0 amide bonds. The summed E-state index contributed by atoms with van der Waals surface area (Å²) in [6.45, 7) is 1.98. The van der Waals surface area contributed by atoms with E-state index in [1.807, 2.05) is 67.6 Å². The fourth-order valence-electron chi connectivity index (χ4n) is 2.23. The van der Waals surface area contributed by atoms with Crippen LogP contribution in [0.5, 0.6) is 5.75 Å². The summed E-state index contributed by atoms with van der Waals surface area (Å²) in [4.78, 5) is 12.2. The number of rotatable bonds is 3. The second-order valence-corrected chi connectivity index (χ2v) is 5.15. The first-order valence-corrected chi connectivity index (χ1v) is 7.17. The quantitative estimate of drug-likeness (QED) is 0.507. The minimum atomic E-state index is -0.342. The maximum Gasteiger partial charge on any atom is 0.343 e. The molecule has 0 aliphatic carbocycles. The average Bonchev–Trinajstić information content (AvgIpc) is 2.56. The van der Waals surface area contributed by atoms with Crippen LogP contribution in [0, 0.1) is 6.92 Å². The molecule has 0 atom stereocenters. The number of carbonyl (C=O) groups is 1. The van der Waals surface area contributed by atoms with E-state index in [0.717, 1.165) is 16.7 Å². The number of hydrogen-bond acceptors (Lipinski definition) is 2. The van der Waals surface area contributed by atoms with Crippen LogP contribution in [0.3, 0.4) is 0 Å². The maximum absolute atomic E-state index is 12.2. The van der Waals surface area contributed by atoms with Gasteiger partial charge in [-0.15, -0.1) is 0 Å². The lowest BCUT2D eigenvalue weighted by molar-refractivity contribution is 0.0735. The van der Waals surface area contributed by atoms with Crippen molar-refractivity contribution in [2.75, 3.05) is 0 Å². The summed E-state index contributed by atoms with van der Waals surface area (Å²) >= 11 is 0. The molecule has 2 heteroatoms. The zero-order valence-corrected chi connectivity index (χ0v) is 12.3. The van der Waals surface area contributed by atoms with E-state index in [0.29, 0.717) is 11.3 Å². The SMILES string of the molecule is Cc1ccc(C(=O)Oc2cccc(-c3ccccc3)c2)cc1. The zero-order chi connectivity index (χ0) is 15.4. The third kappa shape index (κ3) is 3.23. The third-order valence-corrected chi connectivity index (χ3v) is 3.44. The fraction of sp³-hybridized carbons (Fsp3) is 0.0500. The van der Waals surface area contributed by atoms with Gasteiger partial charge in [-0.3, -0.25) is 0 Å². The van der Waals surface area contributed by atoms with Crippen molar-refractivity contribution in [3.8, 4) is 16.9 Å². The Morgan fingerprint density at radius 1 is 0.773 bits per heavy atom. The highest BCUT2D eigenvalue weighted by Gasteiger charge is 2.08. The predicted octanol–water partition coefficient (Wildman–Crippen LogP) is 4.88. The normalized spacial score (nSPS) is 10.2. The van der Waals surface area contributed by atoms with E-state index in [2.05, 4.69) is 0 Å². The molecule has 22 heavy (non-hydrogen) atoms. The Morgan fingerprint density at radius 2 is 1.45 bits per heavy atom. The summed E-state index contributed by atoms with van der Waals surface area (Å²) in [7, 11) is 0. The molecule has 0 saturated carbocycles. The van der Waals surface area contributed by atoms with E-state index in [9.17, 15) is 4.79 Å². The fourth-order valence-corrected chi connectivity index (χ4v) is 2.23. The summed E-state index contributed by atoms with van der Waals surface area (Å²) in [5.74, 6) is 0.206. The van der Waals surface area contributed by atoms with Crippen LogP contribution >= 0.6 is 0 Å². The molecule has 0 radical (unpaired) electrons. The molecule has 0 heterocycles. The Morgan fingerprint density at radius 3 is 2.18 bits per heavy atom. The van der Waals surface area contributed by atoms with E-state index < -0.39 is 0 Å². The molecule has 108 valence electrons. The number of hydrogen-bond donors (Lipinski definition) is 0. The molecule has 3 aromatic carbocycles. The molecule has 0 fully saturated rings. The Hall–Kier alpha value is -2.87. The highest BCUT2D eigenvalue weighted by Crippen LogP contribution is 2.24. The summed E-state index contributed by atoms with van der Waals surface area (Å²) in [5, 5.41) is 0. The van der Waals surface area contributed by atoms with Gasteiger partial charge in [-0.05, 0) is 42.3 Å². The highest BCUT2D eigenvalue weighted by molar-refractivity contribution is 5.91. The van der Waals surface area contributed by atoms with Crippen LogP contribution in [0.4, 0.5) is 0 Å². The van der Waals surface area contributed by atoms with Crippen LogP contribution in [0.2, 0.25) is 0 Å². The molecule has 0 aliphatic heterocycles. The lowest BCUT2D eigenvalue weighted by Gasteiger charge is -2.07. The van der Waals surface area contributed by atoms with E-state index in [-0.39, 0.29) is 5.97 Å². The monoisotopic (exact) mass is 288 g/mol. The van der Waals surface area contributed by atoms with Gasteiger partial charge in [0.15, 0.2) is 0 Å². The van der Waals surface area contributed by atoms with Crippen LogP contribution in [0.1, 0.15) is 15.9 Å². The Kier molecular flexibility index (Phi) is 4.01. The summed E-state index contributed by atoms with van der Waals surface area (Å²) in [6, 6.07) is 24.9. The van der Waals surface area contributed by atoms with Crippen molar-refractivity contribution >= 4 is 5.97 Å². The lowest BCUT2D eigenvalue weighted by atomic mass is 10.1. The standard InChI is InChI=1S/C20H16O2/c1-15-10-12-17(13-11-15)20(21)22-19-9-5-8-18(14-19)16-6-3-2-4-7-16/h2-14H,1H3. The number of ether oxygens (including phenoxy) is 1. The summed E-state index contributed by atoms with van der Waals surface area (Å²) in [6.07, 6.45) is 0. The van der Waals surface area contributed by atoms with Crippen LogP contribution in [0.25, 0.3) is 11.1 Å². The second-order valence-electron chi connectivity index (χ2n) is 5.15. The van der Waals surface area contributed by atoms with Crippen molar-refractivity contribution < 1.29 is 9.53 Å². The number of aryl methyl sites for hydroxylation is 1. The lowest BCUT2D eigenvalue weighted by Crippen LogP contribution is -2.08. The van der Waals surface area contributed by atoms with Gasteiger partial charge >= 0.3 is 5.97 Å². The Labute approximate surface area is 130 Å². The summed E-state index contributed by atoms with van der Waals surface area (Å²) in [5.41, 5.74) is 3.78. The van der Waals surface area contributed by atoms with Crippen molar-refractivity contribution in [1.82, 2.24) is 0 Å². The van der Waals surface area contributed by atoms with E-state index in [4.69, 9.17) is 4.74 Å². The number of carbonyl (C=O) groups excluding carboxylic acids is 1. The van der Waals surface area contributed by atoms with Gasteiger partial charge in [0.1, 0.15) is 5.75 Å². The molecule has 0 aromatic heterocycles. The summed E-state index contributed by atoms with van der Waals surface area (Å²) < 4.78 is 5.46. The van der Waals surface area contributed by atoms with Crippen LogP contribution in [-0.4, -0.2) is 5.97 Å². The first-order chi connectivity index (χ1) is 10.7. The maximum atomic E-state index is 12.2. The predicted molar refractivity (Wildman–Crippen MR) is 88.0 cm³/mol. The first-order valence-electron chi connectivity index (χ1n) is 7.17. The first kappa shape index (κ1) is 14.1. The topological polar surface area (TPSA) is 26.3 Å². The largest absolute Gasteiger partial charge is 0.423 e. The third-order valence-electron chi connectivity index (χ3n) is 3.44. The molecule has 0 spiro atoms. The van der Waals surface area contributed by atoms with E-state index in [1.165, 1.54) is 0 Å². The van der Waals surface area contributed by atoms with Crippen molar-refractivity contribution in [2.24, 2.45) is 0 Å². The van der Waals surface area contributed by atoms with Crippen molar-refractivity contribution in [3.63, 3.8) is 0 Å². The number of esters is 1. The van der Waals surface area contributed by atoms with Gasteiger partial charge in [0.25, 0.3) is 0 Å². The van der Waals surface area contributed by atoms with E-state index in [1.54, 1.807) is 18.2 Å². The van der Waals surface area contributed by atoms with Gasteiger partial charge in [-0.2, -0.15) is 0 Å². The highest BCUT2D eigenvalue weighted by atomic mass is 16.5. The van der Waals surface area contributed by atoms with Gasteiger partial charge in [-0.25, -0.2) is 4.79 Å². The minimum absolute atomic E-state index is 0.342. The molecule has 0 unspecified atom stereocenters. The molecular formula is C20H16O2. The van der Waals surface area contributed by atoms with Gasteiger partial charge in [0.05, 0.1) is 5.56 Å². The van der Waals surface area contributed by atoms with Crippen molar-refractivity contribution in [1.29, 1.82) is 0 Å². The molecule has 0 aliphatic rings. The molecule has 0 bridgehead atoms. The Bertz CT molecular complexity index is 774. The van der Waals surface area contributed by atoms with Crippen molar-refractivity contribution in [2.45, 2.75) is 6.92 Å². The minimum Gasteiger partial charge on any atom is -0.423 e. The molecule has 3 rings (SSSR count). The average molecular weight is 288 g/mol. The van der Waals surface area contributed by atoms with Gasteiger partial charge in [0, 0.05) is 0 Å². The van der Waals surface area contributed by atoms with Crippen LogP contribution in [0.15, 0.2) is 78.9 Å². The van der Waals surface area contributed by atoms with Gasteiger partial charge in [0.2, 0.25) is 0 Å². The van der Waals surface area contributed by atoms with Crippen LogP contribution in [-0.2, 0) is 0 Å². The molecule has 0 saturated heterocycles. The van der Waals surface area contributed by atoms with Gasteiger partial charge in [-0.1, -0.05) is 60.2 Å². The molecule has 3 aromatic rings. The molecule has 2 nitrogen and oxygen atoms in total. The second kappa shape index (κ2) is 6.27.